The third-order valence-corrected chi connectivity index (χ3v) is 10.2. The summed E-state index contributed by atoms with van der Waals surface area (Å²) in [5, 5.41) is 5.40. The number of nitrogens with zero attached hydrogens (tertiary/aromatic N) is 1. The molecule has 0 aromatic heterocycles. The summed E-state index contributed by atoms with van der Waals surface area (Å²) in [6, 6.07) is 16.8. The molecule has 0 saturated carbocycles. The molecule has 2 aliphatic rings. The van der Waals surface area contributed by atoms with Crippen LogP contribution in [0.25, 0.3) is 12.2 Å². The zero-order valence-electron chi connectivity index (χ0n) is 29.6. The molecule has 0 bridgehead atoms. The van der Waals surface area contributed by atoms with E-state index in [9.17, 15) is 18.4 Å². The number of allylic oxidation sites excluding steroid dienone is 1. The number of rotatable bonds is 15. The molecule has 6 nitrogen and oxygen atoms in total. The van der Waals surface area contributed by atoms with Gasteiger partial charge >= 0.3 is 0 Å². The van der Waals surface area contributed by atoms with Gasteiger partial charge in [0.05, 0.1) is 6.61 Å². The van der Waals surface area contributed by atoms with E-state index >= 15 is 0 Å². The third-order valence-electron chi connectivity index (χ3n) is 10.2. The summed E-state index contributed by atoms with van der Waals surface area (Å²) in [4.78, 5) is 27.9. The minimum Gasteiger partial charge on any atom is -0.457 e. The molecule has 3 aromatic rings. The van der Waals surface area contributed by atoms with Crippen molar-refractivity contribution in [3.8, 4) is 11.5 Å². The predicted molar refractivity (Wildman–Crippen MR) is 195 cm³/mol. The van der Waals surface area contributed by atoms with Gasteiger partial charge in [-0.1, -0.05) is 44.6 Å². The number of fused-ring (bicyclic) bond motifs is 1. The van der Waals surface area contributed by atoms with E-state index in [0.717, 1.165) is 62.7 Å². The Morgan fingerprint density at radius 2 is 1.68 bits per heavy atom. The van der Waals surface area contributed by atoms with Crippen molar-refractivity contribution in [1.82, 2.24) is 10.2 Å². The van der Waals surface area contributed by atoms with Gasteiger partial charge < -0.3 is 19.7 Å². The van der Waals surface area contributed by atoms with Crippen LogP contribution < -0.4 is 20.5 Å². The summed E-state index contributed by atoms with van der Waals surface area (Å²) in [6.45, 7) is 10.4. The van der Waals surface area contributed by atoms with Gasteiger partial charge in [0.1, 0.15) is 11.5 Å². The Bertz CT molecular complexity index is 1750. The van der Waals surface area contributed by atoms with Crippen LogP contribution in [0.1, 0.15) is 84.2 Å². The maximum Gasteiger partial charge on any atom is 0.276 e. The Morgan fingerprint density at radius 3 is 2.34 bits per heavy atom. The van der Waals surface area contributed by atoms with Crippen LogP contribution in [0.5, 0.6) is 11.5 Å². The van der Waals surface area contributed by atoms with Crippen molar-refractivity contribution in [3.63, 3.8) is 0 Å². The summed E-state index contributed by atoms with van der Waals surface area (Å²) >= 11 is 0. The summed E-state index contributed by atoms with van der Waals surface area (Å²) in [5.74, 6) is -0.376. The largest absolute Gasteiger partial charge is 0.457 e. The van der Waals surface area contributed by atoms with Gasteiger partial charge in [0.25, 0.3) is 17.7 Å². The first kappa shape index (κ1) is 37.0. The molecular weight excluding hydrogens is 634 g/mol. The van der Waals surface area contributed by atoms with Crippen molar-refractivity contribution in [2.75, 3.05) is 33.4 Å². The smallest absolute Gasteiger partial charge is 0.276 e. The molecule has 0 radical (unpaired) electrons. The molecule has 5 rings (SSSR count). The Kier molecular flexibility index (Phi) is 12.6. The lowest BCUT2D eigenvalue weighted by molar-refractivity contribution is -0.000886. The van der Waals surface area contributed by atoms with Gasteiger partial charge in [0, 0.05) is 49.9 Å². The minimum absolute atomic E-state index is 0.0116. The third kappa shape index (κ3) is 9.08. The molecule has 2 unspecified atom stereocenters. The highest BCUT2D eigenvalue weighted by molar-refractivity contribution is 5.96. The van der Waals surface area contributed by atoms with Crippen molar-refractivity contribution in [1.29, 1.82) is 0 Å². The summed E-state index contributed by atoms with van der Waals surface area (Å²) < 4.78 is 39.1. The molecule has 3 aromatic carbocycles. The van der Waals surface area contributed by atoms with E-state index in [-0.39, 0.29) is 17.4 Å². The second kappa shape index (κ2) is 17.1. The van der Waals surface area contributed by atoms with Crippen molar-refractivity contribution < 1.29 is 27.8 Å². The number of carbonyl (C=O) groups excluding carboxylic acids is 2. The lowest BCUT2D eigenvalue weighted by Crippen LogP contribution is -2.49. The van der Waals surface area contributed by atoms with Gasteiger partial charge in [-0.2, -0.15) is 0 Å². The number of ether oxygens (including phenoxy) is 2. The molecular formula is C42H50F2N2O4. The van der Waals surface area contributed by atoms with E-state index in [2.05, 4.69) is 44.0 Å². The normalized spacial score (nSPS) is 17.7. The highest BCUT2D eigenvalue weighted by Gasteiger charge is 2.31. The van der Waals surface area contributed by atoms with E-state index in [1.165, 1.54) is 40.8 Å². The molecule has 8 heteroatoms. The van der Waals surface area contributed by atoms with Crippen LogP contribution in [0.15, 0.2) is 73.3 Å². The quantitative estimate of drug-likeness (QED) is 0.132. The highest BCUT2D eigenvalue weighted by Crippen LogP contribution is 2.34. The Hall–Kier alpha value is -4.30. The van der Waals surface area contributed by atoms with Crippen LogP contribution >= 0.6 is 0 Å². The fourth-order valence-corrected chi connectivity index (χ4v) is 7.10. The summed E-state index contributed by atoms with van der Waals surface area (Å²) in [5.41, 5.74) is 2.39. The fourth-order valence-electron chi connectivity index (χ4n) is 7.10. The maximum atomic E-state index is 14.1. The van der Waals surface area contributed by atoms with Crippen LogP contribution in [0.2, 0.25) is 0 Å². The van der Waals surface area contributed by atoms with E-state index in [4.69, 9.17) is 9.47 Å². The van der Waals surface area contributed by atoms with Crippen LogP contribution in [-0.4, -0.2) is 50.1 Å². The average Bonchev–Trinajstić information content (AvgIpc) is 3.09. The van der Waals surface area contributed by atoms with E-state index in [1.807, 2.05) is 11.0 Å². The number of likely N-dealkylation sites (tertiary alicyclic amines) is 1. The Balaban J connectivity index is 1.09. The van der Waals surface area contributed by atoms with Crippen molar-refractivity contribution in [2.45, 2.75) is 64.7 Å². The number of halogens is 2. The highest BCUT2D eigenvalue weighted by atomic mass is 19.3. The number of nitrogens with one attached hydrogen (secondary N) is 1. The molecule has 1 heterocycles. The molecule has 1 N–H and O–H groups in total. The van der Waals surface area contributed by atoms with Gasteiger partial charge in [-0.05, 0) is 120 Å². The standard InChI is InChI=1S/C42H50F2N2O4/c1-5-24-42(43,44)34-16-20-36(21-17-34)50-35-18-12-33(13-19-35)41(48)46-27-30(28-46)8-7-9-31-14-22-38-32(11-10-29(31)3)15-23-39(37(38)6-2)40(47)45-25-26-49-4/h5,11-13,15-23,29-31H,1,6-10,14,24-28H2,2-4H3,(H,45,47). The van der Waals surface area contributed by atoms with E-state index in [0.29, 0.717) is 48.0 Å². The first-order valence-electron chi connectivity index (χ1n) is 17.9. The lowest BCUT2D eigenvalue weighted by Gasteiger charge is -2.39. The topological polar surface area (TPSA) is 67.9 Å². The molecule has 1 aliphatic heterocycles. The number of hydrogen-bond acceptors (Lipinski definition) is 4. The minimum atomic E-state index is -2.97. The SMILES string of the molecule is C=CCC(F)(F)c1ccc(Oc2ccc(C(=O)N3CC(CCCC4CC=c5c(CC)c(C(=O)NCCOC)ccc5=CCC4C)C3)cc2)cc1. The second-order valence-corrected chi connectivity index (χ2v) is 13.7. The first-order chi connectivity index (χ1) is 24.1. The molecule has 50 heavy (non-hydrogen) atoms. The average molecular weight is 685 g/mol. The van der Waals surface area contributed by atoms with Crippen LogP contribution in [-0.2, 0) is 17.1 Å². The van der Waals surface area contributed by atoms with Gasteiger partial charge in [-0.15, -0.1) is 6.58 Å². The lowest BCUT2D eigenvalue weighted by atomic mass is 9.81. The zero-order chi connectivity index (χ0) is 35.7. The summed E-state index contributed by atoms with van der Waals surface area (Å²) in [6.07, 6.45) is 11.7. The van der Waals surface area contributed by atoms with Crippen molar-refractivity contribution >= 4 is 24.0 Å². The number of alkyl halides is 2. The molecule has 0 spiro atoms. The Morgan fingerprint density at radius 1 is 0.980 bits per heavy atom. The molecule has 1 aliphatic carbocycles. The molecule has 266 valence electrons. The number of methoxy groups -OCH3 is 1. The summed E-state index contributed by atoms with van der Waals surface area (Å²) in [7, 11) is 1.63. The molecule has 1 fully saturated rings. The molecule has 1 saturated heterocycles. The van der Waals surface area contributed by atoms with Gasteiger partial charge in [0.2, 0.25) is 0 Å². The molecule has 2 atom stereocenters. The number of carbonyl (C=O) groups is 2. The maximum absolute atomic E-state index is 14.1. The van der Waals surface area contributed by atoms with Gasteiger partial charge in [0.15, 0.2) is 0 Å². The molecule has 2 amide bonds. The fraction of sp³-hybridized carbons (Fsp3) is 0.429. The monoisotopic (exact) mass is 684 g/mol. The number of hydrogen-bond donors (Lipinski definition) is 1. The van der Waals surface area contributed by atoms with Crippen LogP contribution in [0, 0.1) is 17.8 Å². The zero-order valence-corrected chi connectivity index (χ0v) is 29.6. The Labute approximate surface area is 294 Å². The van der Waals surface area contributed by atoms with Gasteiger partial charge in [-0.25, -0.2) is 8.78 Å². The predicted octanol–water partition coefficient (Wildman–Crippen LogP) is 7.64. The van der Waals surface area contributed by atoms with E-state index < -0.39 is 12.3 Å². The van der Waals surface area contributed by atoms with Crippen molar-refractivity contribution in [2.24, 2.45) is 17.8 Å². The number of benzene rings is 3. The number of amides is 2. The van der Waals surface area contributed by atoms with E-state index in [1.54, 1.807) is 31.4 Å². The second-order valence-electron chi connectivity index (χ2n) is 13.7. The van der Waals surface area contributed by atoms with Crippen LogP contribution in [0.4, 0.5) is 8.78 Å². The van der Waals surface area contributed by atoms with Gasteiger partial charge in [-0.3, -0.25) is 9.59 Å². The van der Waals surface area contributed by atoms with Crippen LogP contribution in [0.3, 0.4) is 0 Å². The van der Waals surface area contributed by atoms with Crippen molar-refractivity contribution in [3.05, 3.63) is 106 Å². The first-order valence-corrected chi connectivity index (χ1v) is 17.9.